The van der Waals surface area contributed by atoms with Crippen molar-refractivity contribution >= 4 is 57.0 Å². The zero-order chi connectivity index (χ0) is 42.9. The van der Waals surface area contributed by atoms with Gasteiger partial charge in [-0.1, -0.05) is 45.8 Å². The summed E-state index contributed by atoms with van der Waals surface area (Å²) in [6, 6.07) is 5.18. The standard InChI is InChI=1S/C44H56N6O9S/c1-24(2)45-41-47-33(23-60-41)32-20-35(29-17-16-27(57-6)18-31(29)46-32)58-28-19-34-38(52)49-44(40(54)55)21-26(44)12-10-8-7-9-11-13-30(39(53)50(34)22-28)48-42(56)59-37(43(3,4)5)36(51)25-14-15-25/h10,12,16-18,20,23-26,28,30,34,37H,7-9,11,13-15,19,21-22H2,1-6H3,(H,45,47)(H,48,56)(H,49,52)(H,54,55)/b12-10-/t26?,28-,30+,34+,37-,44-/m1/s1. The molecule has 1 unspecified atom stereocenters. The van der Waals surface area contributed by atoms with Crippen molar-refractivity contribution in [1.29, 1.82) is 0 Å². The molecule has 322 valence electrons. The van der Waals surface area contributed by atoms with Crippen LogP contribution in [-0.4, -0.2) is 99.2 Å². The molecule has 4 heterocycles. The molecule has 0 spiro atoms. The molecule has 3 aromatic rings. The molecule has 15 nitrogen and oxygen atoms in total. The highest BCUT2D eigenvalue weighted by Gasteiger charge is 2.61. The van der Waals surface area contributed by atoms with E-state index in [0.717, 1.165) is 30.8 Å². The van der Waals surface area contributed by atoms with Crippen LogP contribution >= 0.6 is 11.3 Å². The molecule has 60 heavy (non-hydrogen) atoms. The van der Waals surface area contributed by atoms with E-state index in [-0.39, 0.29) is 49.5 Å². The SMILES string of the molecule is COc1ccc2c(O[C@@H]3C[C@H]4C(=O)N[C@]5(C(=O)O)CC5/C=C\CCCCC[C@H](NC(=O)O[C@H](C(=O)C5CC5)C(C)(C)C)C(=O)N4C3)cc(-c3csc(NC(C)C)n3)nc2c1. The van der Waals surface area contributed by atoms with E-state index in [1.165, 1.54) is 16.2 Å². The predicted molar refractivity (Wildman–Crippen MR) is 226 cm³/mol. The average Bonchev–Trinajstić information content (AvgIpc) is 4.07. The number of hydrogen-bond acceptors (Lipinski definition) is 12. The number of pyridine rings is 1. The number of carboxylic acids is 1. The number of amides is 3. The number of allylic oxidation sites excluding steroid dienone is 1. The highest BCUT2D eigenvalue weighted by Crippen LogP contribution is 2.46. The highest BCUT2D eigenvalue weighted by molar-refractivity contribution is 7.14. The molecule has 2 saturated carbocycles. The van der Waals surface area contributed by atoms with Crippen LogP contribution < -0.4 is 25.4 Å². The number of rotatable bonds is 11. The monoisotopic (exact) mass is 844 g/mol. The molecular weight excluding hydrogens is 789 g/mol. The molecule has 7 rings (SSSR count). The first-order chi connectivity index (χ1) is 28.6. The number of ether oxygens (including phenoxy) is 3. The summed E-state index contributed by atoms with van der Waals surface area (Å²) in [5.74, 6) is -1.91. The smallest absolute Gasteiger partial charge is 0.408 e. The largest absolute Gasteiger partial charge is 0.497 e. The van der Waals surface area contributed by atoms with Crippen molar-refractivity contribution in [3.8, 4) is 22.9 Å². The van der Waals surface area contributed by atoms with E-state index < -0.39 is 59.1 Å². The van der Waals surface area contributed by atoms with Gasteiger partial charge in [-0.05, 0) is 64.5 Å². The second kappa shape index (κ2) is 17.4. The van der Waals surface area contributed by atoms with E-state index in [1.54, 1.807) is 25.3 Å². The van der Waals surface area contributed by atoms with E-state index in [1.807, 2.05) is 58.2 Å². The van der Waals surface area contributed by atoms with Gasteiger partial charge < -0.3 is 40.2 Å². The van der Waals surface area contributed by atoms with E-state index in [9.17, 15) is 29.1 Å². The van der Waals surface area contributed by atoms with Crippen LogP contribution in [0.5, 0.6) is 11.5 Å². The number of carbonyl (C=O) groups excluding carboxylic acids is 4. The van der Waals surface area contributed by atoms with Gasteiger partial charge in [-0.25, -0.2) is 19.6 Å². The highest BCUT2D eigenvalue weighted by atomic mass is 32.1. The van der Waals surface area contributed by atoms with Crippen LogP contribution in [0.2, 0.25) is 0 Å². The number of fused-ring (bicyclic) bond motifs is 3. The maximum atomic E-state index is 14.8. The van der Waals surface area contributed by atoms with Crippen molar-refractivity contribution in [2.75, 3.05) is 19.0 Å². The van der Waals surface area contributed by atoms with Crippen LogP contribution in [-0.2, 0) is 23.9 Å². The minimum Gasteiger partial charge on any atom is -0.497 e. The van der Waals surface area contributed by atoms with Crippen LogP contribution in [0.15, 0.2) is 41.8 Å². The molecule has 1 aromatic carbocycles. The predicted octanol–water partition coefficient (Wildman–Crippen LogP) is 6.50. The number of carboxylic acid groups (broad SMARTS) is 1. The van der Waals surface area contributed by atoms with Gasteiger partial charge in [0, 0.05) is 52.6 Å². The van der Waals surface area contributed by atoms with Gasteiger partial charge in [0.25, 0.3) is 0 Å². The first kappa shape index (κ1) is 42.9. The van der Waals surface area contributed by atoms with Crippen molar-refractivity contribution in [2.24, 2.45) is 17.3 Å². The molecule has 3 fully saturated rings. The lowest BCUT2D eigenvalue weighted by Crippen LogP contribution is -2.56. The number of methoxy groups -OCH3 is 1. The minimum absolute atomic E-state index is 0.0349. The summed E-state index contributed by atoms with van der Waals surface area (Å²) in [7, 11) is 1.57. The summed E-state index contributed by atoms with van der Waals surface area (Å²) >= 11 is 1.45. The minimum atomic E-state index is -1.50. The Labute approximate surface area is 354 Å². The lowest BCUT2D eigenvalue weighted by Gasteiger charge is -2.31. The van der Waals surface area contributed by atoms with Gasteiger partial charge in [0.2, 0.25) is 11.8 Å². The van der Waals surface area contributed by atoms with Gasteiger partial charge in [0.1, 0.15) is 40.9 Å². The van der Waals surface area contributed by atoms with Gasteiger partial charge in [-0.15, -0.1) is 11.3 Å². The molecule has 2 aliphatic heterocycles. The third-order valence-electron chi connectivity index (χ3n) is 11.6. The van der Waals surface area contributed by atoms with Crippen molar-refractivity contribution in [1.82, 2.24) is 25.5 Å². The van der Waals surface area contributed by atoms with Gasteiger partial charge in [-0.2, -0.15) is 0 Å². The van der Waals surface area contributed by atoms with Gasteiger partial charge in [-0.3, -0.25) is 14.4 Å². The number of hydrogen-bond donors (Lipinski definition) is 4. The number of benzene rings is 1. The Morgan fingerprint density at radius 1 is 1.05 bits per heavy atom. The number of anilines is 1. The topological polar surface area (TPSA) is 198 Å². The molecule has 1 saturated heterocycles. The molecule has 2 aliphatic carbocycles. The number of Topliss-reactive ketones (excluding diaryl/α,β-unsaturated/α-hetero) is 1. The third kappa shape index (κ3) is 9.53. The van der Waals surface area contributed by atoms with Crippen LogP contribution in [0.1, 0.15) is 92.4 Å². The van der Waals surface area contributed by atoms with Crippen LogP contribution in [0.3, 0.4) is 0 Å². The fourth-order valence-corrected chi connectivity index (χ4v) is 8.94. The van der Waals surface area contributed by atoms with Gasteiger partial charge in [0.05, 0.1) is 24.9 Å². The zero-order valence-corrected chi connectivity index (χ0v) is 35.9. The number of aliphatic carboxylic acids is 1. The van der Waals surface area contributed by atoms with Crippen LogP contribution in [0, 0.1) is 17.3 Å². The van der Waals surface area contributed by atoms with Gasteiger partial charge in [0.15, 0.2) is 17.0 Å². The van der Waals surface area contributed by atoms with E-state index in [2.05, 4.69) is 16.0 Å². The molecule has 2 aromatic heterocycles. The number of alkyl carbamates (subject to hydrolysis) is 1. The van der Waals surface area contributed by atoms with Crippen molar-refractivity contribution < 1.29 is 43.3 Å². The second-order valence-corrected chi connectivity index (χ2v) is 18.7. The quantitative estimate of drug-likeness (QED) is 0.153. The maximum absolute atomic E-state index is 14.8. The number of ketones is 1. The van der Waals surface area contributed by atoms with Gasteiger partial charge >= 0.3 is 12.1 Å². The Hall–Kier alpha value is -5.25. The van der Waals surface area contributed by atoms with E-state index in [0.29, 0.717) is 46.6 Å². The zero-order valence-electron chi connectivity index (χ0n) is 35.1. The lowest BCUT2D eigenvalue weighted by atomic mass is 9.85. The normalized spacial score (nSPS) is 25.8. The molecule has 4 N–H and O–H groups in total. The Balaban J connectivity index is 1.20. The Morgan fingerprint density at radius 2 is 1.83 bits per heavy atom. The fourth-order valence-electron chi connectivity index (χ4n) is 8.09. The van der Waals surface area contributed by atoms with Crippen molar-refractivity contribution in [2.45, 2.75) is 128 Å². The number of nitrogens with zero attached hydrogens (tertiary/aromatic N) is 3. The maximum Gasteiger partial charge on any atom is 0.408 e. The molecule has 0 radical (unpaired) electrons. The molecule has 16 heteroatoms. The van der Waals surface area contributed by atoms with Crippen molar-refractivity contribution in [3.05, 3.63) is 41.8 Å². The summed E-state index contributed by atoms with van der Waals surface area (Å²) < 4.78 is 18.0. The molecule has 3 amide bonds. The summed E-state index contributed by atoms with van der Waals surface area (Å²) in [6.45, 7) is 9.52. The first-order valence-electron chi connectivity index (χ1n) is 21.0. The summed E-state index contributed by atoms with van der Waals surface area (Å²) in [4.78, 5) is 79.6. The van der Waals surface area contributed by atoms with Crippen LogP contribution in [0.4, 0.5) is 9.93 Å². The summed E-state index contributed by atoms with van der Waals surface area (Å²) in [5.41, 5.74) is -0.401. The summed E-state index contributed by atoms with van der Waals surface area (Å²) in [6.07, 6.45) is 6.06. The number of nitrogens with one attached hydrogen (secondary N) is 3. The fraction of sp³-hybridized carbons (Fsp3) is 0.568. The average molecular weight is 845 g/mol. The Bertz CT molecular complexity index is 2160. The van der Waals surface area contributed by atoms with Crippen LogP contribution in [0.25, 0.3) is 22.3 Å². The number of aromatic nitrogens is 2. The molecule has 0 bridgehead atoms. The first-order valence-corrected chi connectivity index (χ1v) is 21.9. The number of carbonyl (C=O) groups is 5. The lowest BCUT2D eigenvalue weighted by molar-refractivity contribution is -0.145. The molecule has 6 atom stereocenters. The summed E-state index contributed by atoms with van der Waals surface area (Å²) in [5, 5.41) is 22.5. The number of thiazole rings is 1. The third-order valence-corrected chi connectivity index (χ3v) is 12.4. The van der Waals surface area contributed by atoms with Crippen molar-refractivity contribution in [3.63, 3.8) is 0 Å². The Morgan fingerprint density at radius 3 is 2.53 bits per heavy atom. The van der Waals surface area contributed by atoms with E-state index >= 15 is 0 Å². The Kier molecular flexibility index (Phi) is 12.4. The second-order valence-electron chi connectivity index (χ2n) is 17.9. The molecular formula is C44H56N6O9S. The molecule has 4 aliphatic rings. The van der Waals surface area contributed by atoms with E-state index in [4.69, 9.17) is 24.2 Å².